The van der Waals surface area contributed by atoms with Gasteiger partial charge in [0.25, 0.3) is 0 Å². The molecule has 0 N–H and O–H groups in total. The molecule has 0 amide bonds. The number of benzene rings is 5. The first-order valence-corrected chi connectivity index (χ1v) is 13.7. The van der Waals surface area contributed by atoms with Crippen molar-refractivity contribution in [2.45, 2.75) is 0 Å². The predicted octanol–water partition coefficient (Wildman–Crippen LogP) is 9.22. The second kappa shape index (κ2) is 8.81. The van der Waals surface area contributed by atoms with Crippen molar-refractivity contribution in [3.8, 4) is 34.2 Å². The van der Waals surface area contributed by atoms with Crippen molar-refractivity contribution in [1.82, 2.24) is 19.9 Å². The minimum Gasteiger partial charge on any atom is -0.456 e. The fraction of sp³-hybridized carbons (Fsp3) is 0. The van der Waals surface area contributed by atoms with Crippen LogP contribution in [0.3, 0.4) is 0 Å². The number of fused-ring (bicyclic) bond motifs is 8. The van der Waals surface area contributed by atoms with Gasteiger partial charge in [-0.2, -0.15) is 0 Å². The van der Waals surface area contributed by atoms with Crippen molar-refractivity contribution in [3.05, 3.63) is 121 Å². The van der Waals surface area contributed by atoms with Crippen molar-refractivity contribution in [2.24, 2.45) is 0 Å². The van der Waals surface area contributed by atoms with E-state index in [1.54, 1.807) is 6.20 Å². The highest BCUT2D eigenvalue weighted by molar-refractivity contribution is 6.16. The lowest BCUT2D eigenvalue weighted by Crippen LogP contribution is -2.00. The van der Waals surface area contributed by atoms with Gasteiger partial charge < -0.3 is 8.83 Å². The van der Waals surface area contributed by atoms with Gasteiger partial charge in [-0.3, -0.25) is 0 Å². The predicted molar refractivity (Wildman–Crippen MR) is 166 cm³/mol. The van der Waals surface area contributed by atoms with Crippen LogP contribution in [0.4, 0.5) is 0 Å². The fourth-order valence-electron chi connectivity index (χ4n) is 5.92. The Morgan fingerprint density at radius 1 is 0.429 bits per heavy atom. The molecule has 0 aliphatic heterocycles. The lowest BCUT2D eigenvalue weighted by Gasteiger charge is -2.11. The molecular weight excluding hydrogens is 520 g/mol. The second-order valence-electron chi connectivity index (χ2n) is 10.3. The summed E-state index contributed by atoms with van der Waals surface area (Å²) in [6, 6.07) is 38.4. The Kier molecular flexibility index (Phi) is 4.80. The lowest BCUT2D eigenvalue weighted by atomic mass is 10.0. The van der Waals surface area contributed by atoms with E-state index in [4.69, 9.17) is 23.8 Å². The SMILES string of the molecule is c1ccc(-c2nc(-c3cccc4c3ccc3c5cccnc5oc43)nc(-c3cccc4oc5ccccc5c34)n2)cc1. The Morgan fingerprint density at radius 3 is 2.02 bits per heavy atom. The van der Waals surface area contributed by atoms with Gasteiger partial charge in [0, 0.05) is 49.8 Å². The zero-order valence-corrected chi connectivity index (χ0v) is 22.2. The third kappa shape index (κ3) is 3.39. The Bertz CT molecular complexity index is 2480. The average Bonchev–Trinajstić information content (AvgIpc) is 3.63. The number of nitrogens with zero attached hydrogens (tertiary/aromatic N) is 4. The minimum atomic E-state index is 0.585. The summed E-state index contributed by atoms with van der Waals surface area (Å²) >= 11 is 0. The van der Waals surface area contributed by atoms with E-state index in [9.17, 15) is 0 Å². The first-order chi connectivity index (χ1) is 20.8. The summed E-state index contributed by atoms with van der Waals surface area (Å²) in [6.07, 6.45) is 1.75. The van der Waals surface area contributed by atoms with E-state index in [1.165, 1.54) is 0 Å². The Morgan fingerprint density at radius 2 is 1.10 bits per heavy atom. The van der Waals surface area contributed by atoms with Crippen LogP contribution in [0.2, 0.25) is 0 Å². The van der Waals surface area contributed by atoms with Gasteiger partial charge in [0.2, 0.25) is 5.71 Å². The molecule has 0 aliphatic rings. The van der Waals surface area contributed by atoms with Gasteiger partial charge in [0.05, 0.1) is 0 Å². The molecule has 5 aromatic carbocycles. The molecular formula is C36H20N4O2. The standard InChI is InChI=1S/C36H20N4O2/c1-2-9-21(10-3-1)33-38-34(40-35(39-33)28-14-7-17-30-31(28)27-11-4-5-16-29(27)41-30)25-13-6-12-23-22(25)18-19-24-26-15-8-20-37-36(26)42-32(23)24/h1-20H. The molecule has 0 fully saturated rings. The Hall–Kier alpha value is -5.88. The first kappa shape index (κ1) is 22.9. The summed E-state index contributed by atoms with van der Waals surface area (Å²) in [4.78, 5) is 19.6. The van der Waals surface area contributed by atoms with Crippen LogP contribution in [0.25, 0.3) is 88.9 Å². The zero-order chi connectivity index (χ0) is 27.6. The second-order valence-corrected chi connectivity index (χ2v) is 10.3. The number of furan rings is 2. The molecule has 9 rings (SSSR count). The summed E-state index contributed by atoms with van der Waals surface area (Å²) in [5.74, 6) is 1.77. The van der Waals surface area contributed by atoms with Crippen molar-refractivity contribution in [2.75, 3.05) is 0 Å². The molecule has 42 heavy (non-hydrogen) atoms. The molecule has 4 aromatic heterocycles. The quantitative estimate of drug-likeness (QED) is 0.222. The van der Waals surface area contributed by atoms with Gasteiger partial charge in [0.1, 0.15) is 16.7 Å². The van der Waals surface area contributed by atoms with Gasteiger partial charge >= 0.3 is 0 Å². The molecule has 0 atom stereocenters. The minimum absolute atomic E-state index is 0.585. The third-order valence-electron chi connectivity index (χ3n) is 7.82. The maximum absolute atomic E-state index is 6.25. The normalized spacial score (nSPS) is 11.8. The maximum atomic E-state index is 6.25. The molecule has 4 heterocycles. The molecule has 0 aliphatic carbocycles. The Labute approximate surface area is 238 Å². The van der Waals surface area contributed by atoms with Crippen LogP contribution in [0, 0.1) is 0 Å². The number of aromatic nitrogens is 4. The van der Waals surface area contributed by atoms with Crippen molar-refractivity contribution in [3.63, 3.8) is 0 Å². The highest BCUT2D eigenvalue weighted by atomic mass is 16.3. The highest BCUT2D eigenvalue weighted by Crippen LogP contribution is 2.39. The molecule has 0 radical (unpaired) electrons. The van der Waals surface area contributed by atoms with E-state index in [0.29, 0.717) is 23.2 Å². The Balaban J connectivity index is 1.34. The van der Waals surface area contributed by atoms with Crippen LogP contribution in [-0.2, 0) is 0 Å². The van der Waals surface area contributed by atoms with Crippen molar-refractivity contribution < 1.29 is 8.83 Å². The van der Waals surface area contributed by atoms with Crippen LogP contribution in [0.1, 0.15) is 0 Å². The topological polar surface area (TPSA) is 77.8 Å². The van der Waals surface area contributed by atoms with Gasteiger partial charge in [-0.15, -0.1) is 0 Å². The van der Waals surface area contributed by atoms with Gasteiger partial charge in [-0.1, -0.05) is 84.9 Å². The van der Waals surface area contributed by atoms with Crippen molar-refractivity contribution >= 4 is 54.8 Å². The molecule has 0 bridgehead atoms. The highest BCUT2D eigenvalue weighted by Gasteiger charge is 2.19. The van der Waals surface area contributed by atoms with Gasteiger partial charge in [-0.25, -0.2) is 19.9 Å². The van der Waals surface area contributed by atoms with Crippen LogP contribution in [-0.4, -0.2) is 19.9 Å². The molecule has 0 saturated carbocycles. The zero-order valence-electron chi connectivity index (χ0n) is 22.2. The van der Waals surface area contributed by atoms with Crippen LogP contribution < -0.4 is 0 Å². The molecule has 196 valence electrons. The molecule has 6 nitrogen and oxygen atoms in total. The van der Waals surface area contributed by atoms with E-state index in [0.717, 1.165) is 65.8 Å². The van der Waals surface area contributed by atoms with Gasteiger partial charge in [-0.05, 0) is 35.7 Å². The summed E-state index contributed by atoms with van der Waals surface area (Å²) in [5, 5.41) is 6.01. The number of rotatable bonds is 3. The molecule has 0 unspecified atom stereocenters. The van der Waals surface area contributed by atoms with E-state index < -0.39 is 0 Å². The number of hydrogen-bond donors (Lipinski definition) is 0. The van der Waals surface area contributed by atoms with Crippen LogP contribution >= 0.6 is 0 Å². The third-order valence-corrected chi connectivity index (χ3v) is 7.82. The van der Waals surface area contributed by atoms with E-state index in [-0.39, 0.29) is 0 Å². The van der Waals surface area contributed by atoms with E-state index in [1.807, 2.05) is 84.9 Å². The molecule has 0 spiro atoms. The molecule has 6 heteroatoms. The maximum Gasteiger partial charge on any atom is 0.227 e. The first-order valence-electron chi connectivity index (χ1n) is 13.7. The van der Waals surface area contributed by atoms with Crippen LogP contribution in [0.5, 0.6) is 0 Å². The van der Waals surface area contributed by atoms with E-state index in [2.05, 4.69) is 35.3 Å². The number of hydrogen-bond acceptors (Lipinski definition) is 6. The van der Waals surface area contributed by atoms with E-state index >= 15 is 0 Å². The average molecular weight is 541 g/mol. The smallest absolute Gasteiger partial charge is 0.227 e. The number of para-hydroxylation sites is 1. The summed E-state index contributed by atoms with van der Waals surface area (Å²) < 4.78 is 12.4. The number of pyridine rings is 1. The van der Waals surface area contributed by atoms with Crippen molar-refractivity contribution in [1.29, 1.82) is 0 Å². The fourth-order valence-corrected chi connectivity index (χ4v) is 5.92. The summed E-state index contributed by atoms with van der Waals surface area (Å²) in [7, 11) is 0. The van der Waals surface area contributed by atoms with Gasteiger partial charge in [0.15, 0.2) is 17.5 Å². The largest absolute Gasteiger partial charge is 0.456 e. The molecule has 9 aromatic rings. The monoisotopic (exact) mass is 540 g/mol. The lowest BCUT2D eigenvalue weighted by molar-refractivity contribution is 0.657. The van der Waals surface area contributed by atoms with Crippen LogP contribution in [0.15, 0.2) is 130 Å². The summed E-state index contributed by atoms with van der Waals surface area (Å²) in [5.41, 5.74) is 5.75. The molecule has 0 saturated heterocycles. The summed E-state index contributed by atoms with van der Waals surface area (Å²) in [6.45, 7) is 0.